The number of para-hydroxylation sites is 1. The number of hydrogen-bond acceptors (Lipinski definition) is 5. The molecule has 6 nitrogen and oxygen atoms in total. The Labute approximate surface area is 169 Å². The van der Waals surface area contributed by atoms with Crippen molar-refractivity contribution < 1.29 is 18.7 Å². The fourth-order valence-corrected chi connectivity index (χ4v) is 3.23. The molecule has 2 heterocycles. The van der Waals surface area contributed by atoms with E-state index in [0.29, 0.717) is 30.4 Å². The summed E-state index contributed by atoms with van der Waals surface area (Å²) in [5, 5.41) is 2.93. The second-order valence-electron chi connectivity index (χ2n) is 7.05. The smallest absolute Gasteiger partial charge is 0.251 e. The van der Waals surface area contributed by atoms with Crippen LogP contribution in [0, 0.1) is 6.92 Å². The highest BCUT2D eigenvalue weighted by Gasteiger charge is 2.17. The maximum Gasteiger partial charge on any atom is 0.251 e. The van der Waals surface area contributed by atoms with E-state index in [1.54, 1.807) is 12.1 Å². The third kappa shape index (κ3) is 4.84. The fraction of sp³-hybridized carbons (Fsp3) is 0.304. The number of aromatic nitrogens is 1. The van der Waals surface area contributed by atoms with E-state index in [2.05, 4.69) is 10.3 Å². The van der Waals surface area contributed by atoms with Gasteiger partial charge in [-0.2, -0.15) is 0 Å². The third-order valence-corrected chi connectivity index (χ3v) is 4.92. The van der Waals surface area contributed by atoms with Crippen LogP contribution in [0.5, 0.6) is 5.75 Å². The molecular weight excluding hydrogens is 368 g/mol. The highest BCUT2D eigenvalue weighted by Crippen LogP contribution is 2.23. The molecule has 0 unspecified atom stereocenters. The second kappa shape index (κ2) is 8.92. The minimum atomic E-state index is -0.104. The van der Waals surface area contributed by atoms with Crippen molar-refractivity contribution in [3.8, 4) is 17.2 Å². The van der Waals surface area contributed by atoms with Crippen molar-refractivity contribution in [3.05, 3.63) is 71.6 Å². The molecule has 4 rings (SSSR count). The summed E-state index contributed by atoms with van der Waals surface area (Å²) in [5.41, 5.74) is 2.17. The Morgan fingerprint density at radius 2 is 1.97 bits per heavy atom. The first-order valence-corrected chi connectivity index (χ1v) is 9.83. The van der Waals surface area contributed by atoms with Crippen molar-refractivity contribution in [3.63, 3.8) is 0 Å². The van der Waals surface area contributed by atoms with Gasteiger partial charge in [-0.3, -0.25) is 4.79 Å². The summed E-state index contributed by atoms with van der Waals surface area (Å²) in [4.78, 5) is 16.9. The van der Waals surface area contributed by atoms with E-state index in [9.17, 15) is 4.79 Å². The molecule has 0 saturated carbocycles. The van der Waals surface area contributed by atoms with Crippen molar-refractivity contribution in [2.75, 3.05) is 13.2 Å². The Morgan fingerprint density at radius 3 is 2.69 bits per heavy atom. The zero-order valence-corrected chi connectivity index (χ0v) is 16.4. The van der Waals surface area contributed by atoms with Crippen LogP contribution in [0.1, 0.15) is 34.7 Å². The molecule has 1 saturated heterocycles. The van der Waals surface area contributed by atoms with E-state index < -0.39 is 0 Å². The molecule has 1 aliphatic rings. The average molecular weight is 392 g/mol. The second-order valence-corrected chi connectivity index (χ2v) is 7.05. The number of ether oxygens (including phenoxy) is 2. The summed E-state index contributed by atoms with van der Waals surface area (Å²) >= 11 is 0. The number of aryl methyl sites for hydroxylation is 1. The maximum absolute atomic E-state index is 12.3. The SMILES string of the molecule is Cc1oc(-c2ccc(C(=O)NC[C@H]3CCCO3)cc2)nc1COc1ccccc1. The van der Waals surface area contributed by atoms with E-state index in [0.717, 1.165) is 36.5 Å². The molecular formula is C23H24N2O4. The van der Waals surface area contributed by atoms with Gasteiger partial charge in [-0.1, -0.05) is 18.2 Å². The molecule has 1 fully saturated rings. The van der Waals surface area contributed by atoms with Gasteiger partial charge in [0.05, 0.1) is 6.10 Å². The number of benzene rings is 2. The minimum Gasteiger partial charge on any atom is -0.487 e. The van der Waals surface area contributed by atoms with Crippen LogP contribution in [-0.2, 0) is 11.3 Å². The van der Waals surface area contributed by atoms with Crippen LogP contribution in [0.25, 0.3) is 11.5 Å². The Balaban J connectivity index is 1.37. The van der Waals surface area contributed by atoms with E-state index in [4.69, 9.17) is 13.9 Å². The summed E-state index contributed by atoms with van der Waals surface area (Å²) in [5.74, 6) is 1.91. The number of carbonyl (C=O) groups excluding carboxylic acids is 1. The summed E-state index contributed by atoms with van der Waals surface area (Å²) in [7, 11) is 0. The molecule has 2 aromatic carbocycles. The largest absolute Gasteiger partial charge is 0.487 e. The first-order valence-electron chi connectivity index (χ1n) is 9.83. The van der Waals surface area contributed by atoms with Gasteiger partial charge in [-0.05, 0) is 56.2 Å². The lowest BCUT2D eigenvalue weighted by molar-refractivity contribution is 0.0858. The van der Waals surface area contributed by atoms with Gasteiger partial charge >= 0.3 is 0 Å². The van der Waals surface area contributed by atoms with Crippen molar-refractivity contribution in [1.29, 1.82) is 0 Å². The van der Waals surface area contributed by atoms with Crippen LogP contribution in [0.3, 0.4) is 0 Å². The van der Waals surface area contributed by atoms with E-state index in [1.165, 1.54) is 0 Å². The molecule has 0 spiro atoms. The first kappa shape index (κ1) is 19.2. The van der Waals surface area contributed by atoms with Crippen LogP contribution in [0.4, 0.5) is 0 Å². The molecule has 0 bridgehead atoms. The summed E-state index contributed by atoms with van der Waals surface area (Å²) < 4.78 is 17.1. The Kier molecular flexibility index (Phi) is 5.91. The van der Waals surface area contributed by atoms with Gasteiger partial charge < -0.3 is 19.2 Å². The Hall–Kier alpha value is -3.12. The van der Waals surface area contributed by atoms with Gasteiger partial charge in [0.1, 0.15) is 23.8 Å². The quantitative estimate of drug-likeness (QED) is 0.654. The fourth-order valence-electron chi connectivity index (χ4n) is 3.23. The van der Waals surface area contributed by atoms with Crippen LogP contribution in [0.2, 0.25) is 0 Å². The average Bonchev–Trinajstić information content (AvgIpc) is 3.41. The van der Waals surface area contributed by atoms with Crippen molar-refractivity contribution in [1.82, 2.24) is 10.3 Å². The number of hydrogen-bond donors (Lipinski definition) is 1. The summed E-state index contributed by atoms with van der Waals surface area (Å²) in [6.07, 6.45) is 2.19. The minimum absolute atomic E-state index is 0.104. The van der Waals surface area contributed by atoms with Crippen molar-refractivity contribution in [2.45, 2.75) is 32.5 Å². The van der Waals surface area contributed by atoms with E-state index in [-0.39, 0.29) is 12.0 Å². The van der Waals surface area contributed by atoms with Crippen LogP contribution in [-0.4, -0.2) is 30.1 Å². The number of oxazole rings is 1. The molecule has 0 radical (unpaired) electrons. The molecule has 3 aromatic rings. The summed E-state index contributed by atoms with van der Waals surface area (Å²) in [6, 6.07) is 16.8. The van der Waals surface area contributed by atoms with Gasteiger partial charge in [-0.15, -0.1) is 0 Å². The van der Waals surface area contributed by atoms with Crippen molar-refractivity contribution >= 4 is 5.91 Å². The zero-order chi connectivity index (χ0) is 20.1. The number of carbonyl (C=O) groups is 1. The van der Waals surface area contributed by atoms with Crippen molar-refractivity contribution in [2.24, 2.45) is 0 Å². The summed E-state index contributed by atoms with van der Waals surface area (Å²) in [6.45, 7) is 3.53. The third-order valence-electron chi connectivity index (χ3n) is 4.92. The van der Waals surface area contributed by atoms with Gasteiger partial charge in [0, 0.05) is 24.3 Å². The van der Waals surface area contributed by atoms with E-state index >= 15 is 0 Å². The predicted molar refractivity (Wildman–Crippen MR) is 109 cm³/mol. The van der Waals surface area contributed by atoms with Crippen LogP contribution >= 0.6 is 0 Å². The van der Waals surface area contributed by atoms with Gasteiger partial charge in [-0.25, -0.2) is 4.98 Å². The first-order chi connectivity index (χ1) is 14.2. The predicted octanol–water partition coefficient (Wildman–Crippen LogP) is 4.14. The van der Waals surface area contributed by atoms with Gasteiger partial charge in [0.2, 0.25) is 5.89 Å². The van der Waals surface area contributed by atoms with Gasteiger partial charge in [0.15, 0.2) is 0 Å². The molecule has 150 valence electrons. The molecule has 6 heteroatoms. The topological polar surface area (TPSA) is 73.6 Å². The van der Waals surface area contributed by atoms with Gasteiger partial charge in [0.25, 0.3) is 5.91 Å². The molecule has 29 heavy (non-hydrogen) atoms. The lowest BCUT2D eigenvalue weighted by Gasteiger charge is -2.10. The standard InChI is InChI=1S/C23H24N2O4/c1-16-21(15-28-19-6-3-2-4-7-19)25-23(29-16)18-11-9-17(10-12-18)22(26)24-14-20-8-5-13-27-20/h2-4,6-7,9-12,20H,5,8,13-15H2,1H3,(H,24,26)/t20-/m1/s1. The monoisotopic (exact) mass is 392 g/mol. The number of amides is 1. The molecule has 1 aromatic heterocycles. The lowest BCUT2D eigenvalue weighted by Crippen LogP contribution is -2.31. The normalized spacial score (nSPS) is 16.0. The lowest BCUT2D eigenvalue weighted by atomic mass is 10.1. The highest BCUT2D eigenvalue weighted by atomic mass is 16.5. The zero-order valence-electron chi connectivity index (χ0n) is 16.4. The molecule has 1 atom stereocenters. The van der Waals surface area contributed by atoms with Crippen LogP contribution in [0.15, 0.2) is 59.0 Å². The molecule has 1 aliphatic heterocycles. The number of nitrogens with zero attached hydrogens (tertiary/aromatic N) is 1. The Morgan fingerprint density at radius 1 is 1.17 bits per heavy atom. The molecule has 0 aliphatic carbocycles. The number of nitrogens with one attached hydrogen (secondary N) is 1. The van der Waals surface area contributed by atoms with E-state index in [1.807, 2.05) is 49.4 Å². The maximum atomic E-state index is 12.3. The number of rotatable bonds is 7. The highest BCUT2D eigenvalue weighted by molar-refractivity contribution is 5.94. The van der Waals surface area contributed by atoms with Crippen LogP contribution < -0.4 is 10.1 Å². The molecule has 1 amide bonds. The Bertz CT molecular complexity index is 945. The molecule has 1 N–H and O–H groups in total.